The summed E-state index contributed by atoms with van der Waals surface area (Å²) in [6.45, 7) is 7.18. The van der Waals surface area contributed by atoms with Gasteiger partial charge in [0.1, 0.15) is 11.5 Å². The topological polar surface area (TPSA) is 61.4 Å². The Hall–Kier alpha value is -2.75. The van der Waals surface area contributed by atoms with E-state index in [0.717, 1.165) is 74.9 Å². The number of para-hydroxylation sites is 1. The lowest BCUT2D eigenvalue weighted by Gasteiger charge is -2.33. The molecule has 0 aliphatic carbocycles. The van der Waals surface area contributed by atoms with Gasteiger partial charge in [0.15, 0.2) is 0 Å². The maximum absolute atomic E-state index is 6.58. The van der Waals surface area contributed by atoms with Crippen LogP contribution in [0.5, 0.6) is 11.5 Å². The van der Waals surface area contributed by atoms with Crippen LogP contribution in [0.4, 0.5) is 5.69 Å². The van der Waals surface area contributed by atoms with E-state index >= 15 is 0 Å². The summed E-state index contributed by atoms with van der Waals surface area (Å²) >= 11 is 1.95. The first-order chi connectivity index (χ1) is 21.2. The number of nitrogens with one attached hydrogen (secondary N) is 1. The Balaban J connectivity index is 1.08. The molecular formula is C35H46N2O5S. The molecule has 0 saturated carbocycles. The average molecular weight is 607 g/mol. The Kier molecular flexibility index (Phi) is 12.5. The van der Waals surface area contributed by atoms with E-state index in [4.69, 9.17) is 23.7 Å². The Morgan fingerprint density at radius 2 is 1.81 bits per heavy atom. The lowest BCUT2D eigenvalue weighted by molar-refractivity contribution is 0.0106. The molecule has 232 valence electrons. The van der Waals surface area contributed by atoms with Gasteiger partial charge in [-0.1, -0.05) is 36.4 Å². The summed E-state index contributed by atoms with van der Waals surface area (Å²) in [5, 5.41) is 3.54. The van der Waals surface area contributed by atoms with Gasteiger partial charge in [-0.15, -0.1) is 11.8 Å². The van der Waals surface area contributed by atoms with E-state index in [0.29, 0.717) is 32.3 Å². The quantitative estimate of drug-likeness (QED) is 0.191. The maximum atomic E-state index is 6.58. The normalized spacial score (nSPS) is 18.3. The summed E-state index contributed by atoms with van der Waals surface area (Å²) < 4.78 is 29.1. The van der Waals surface area contributed by atoms with E-state index < -0.39 is 0 Å². The van der Waals surface area contributed by atoms with Crippen LogP contribution in [0.15, 0.2) is 71.6 Å². The van der Waals surface area contributed by atoms with Crippen molar-refractivity contribution in [3.8, 4) is 11.5 Å². The lowest BCUT2D eigenvalue weighted by Crippen LogP contribution is -2.41. The molecule has 0 bridgehead atoms. The van der Waals surface area contributed by atoms with Crippen molar-refractivity contribution in [2.45, 2.75) is 49.4 Å². The van der Waals surface area contributed by atoms with Crippen molar-refractivity contribution in [1.29, 1.82) is 0 Å². The molecule has 0 radical (unpaired) electrons. The van der Waals surface area contributed by atoms with Gasteiger partial charge in [-0.3, -0.25) is 0 Å². The Morgan fingerprint density at radius 1 is 0.930 bits per heavy atom. The largest absolute Gasteiger partial charge is 0.496 e. The van der Waals surface area contributed by atoms with E-state index in [1.54, 1.807) is 14.2 Å². The maximum Gasteiger partial charge on any atom is 0.124 e. The molecule has 1 saturated heterocycles. The monoisotopic (exact) mass is 606 g/mol. The van der Waals surface area contributed by atoms with Crippen molar-refractivity contribution >= 4 is 17.4 Å². The van der Waals surface area contributed by atoms with Gasteiger partial charge in [0.25, 0.3) is 0 Å². The summed E-state index contributed by atoms with van der Waals surface area (Å²) in [7, 11) is 3.46. The highest BCUT2D eigenvalue weighted by atomic mass is 32.2. The highest BCUT2D eigenvalue weighted by molar-refractivity contribution is 7.99. The zero-order valence-electron chi connectivity index (χ0n) is 25.6. The smallest absolute Gasteiger partial charge is 0.124 e. The van der Waals surface area contributed by atoms with Crippen LogP contribution in [0.1, 0.15) is 41.9 Å². The van der Waals surface area contributed by atoms with Crippen molar-refractivity contribution in [2.75, 3.05) is 70.9 Å². The fraction of sp³-hybridized carbons (Fsp3) is 0.486. The van der Waals surface area contributed by atoms with Crippen molar-refractivity contribution in [3.05, 3.63) is 83.4 Å². The summed E-state index contributed by atoms with van der Waals surface area (Å²) in [6.07, 6.45) is 3.06. The molecule has 0 spiro atoms. The first-order valence-corrected chi connectivity index (χ1v) is 16.5. The molecule has 0 aromatic heterocycles. The molecule has 2 atom stereocenters. The summed E-state index contributed by atoms with van der Waals surface area (Å²) in [5.41, 5.74) is 4.94. The molecule has 2 aliphatic rings. The first kappa shape index (κ1) is 31.7. The molecular weight excluding hydrogens is 560 g/mol. The fourth-order valence-electron chi connectivity index (χ4n) is 5.80. The number of hydrogen-bond acceptors (Lipinski definition) is 8. The van der Waals surface area contributed by atoms with Gasteiger partial charge in [-0.05, 0) is 60.8 Å². The van der Waals surface area contributed by atoms with Crippen LogP contribution in [0.25, 0.3) is 0 Å². The molecule has 7 nitrogen and oxygen atoms in total. The third-order valence-corrected chi connectivity index (χ3v) is 9.15. The molecule has 2 aliphatic heterocycles. The minimum Gasteiger partial charge on any atom is -0.496 e. The molecule has 3 aromatic carbocycles. The minimum atomic E-state index is 0.129. The van der Waals surface area contributed by atoms with Gasteiger partial charge in [-0.2, -0.15) is 0 Å². The second-order valence-electron chi connectivity index (χ2n) is 11.1. The van der Waals surface area contributed by atoms with E-state index in [-0.39, 0.29) is 6.10 Å². The third-order valence-electron chi connectivity index (χ3n) is 8.11. The molecule has 3 aromatic rings. The number of nitrogens with zero attached hydrogens (tertiary/aromatic N) is 1. The van der Waals surface area contributed by atoms with Crippen LogP contribution in [0, 0.1) is 0 Å². The Bertz CT molecular complexity index is 1260. The number of fused-ring (bicyclic) bond motifs is 1. The molecule has 1 fully saturated rings. The number of piperidine rings is 1. The number of hydrogen-bond donors (Lipinski definition) is 1. The standard InChI is InChI=1S/C35H46N2O5S/c1-38-19-5-17-37-18-22-43-35-14-9-27(23-32(35)37)25-42-34-24-36-16-15-31(34)28-10-12-30(13-11-28)41-21-6-20-40-26-29-7-3-4-8-33(29)39-2/h3-4,7-14,23,31,34,36H,5-6,15-22,24-26H2,1-2H3/t31-,34+/m1/s1. The molecule has 0 amide bonds. The molecule has 8 heteroatoms. The number of thioether (sulfide) groups is 1. The van der Waals surface area contributed by atoms with Gasteiger partial charge < -0.3 is 33.9 Å². The molecule has 2 heterocycles. The van der Waals surface area contributed by atoms with E-state index in [9.17, 15) is 0 Å². The number of ether oxygens (including phenoxy) is 5. The summed E-state index contributed by atoms with van der Waals surface area (Å²) in [4.78, 5) is 3.87. The average Bonchev–Trinajstić information content (AvgIpc) is 3.06. The van der Waals surface area contributed by atoms with Crippen molar-refractivity contribution in [1.82, 2.24) is 5.32 Å². The summed E-state index contributed by atoms with van der Waals surface area (Å²) in [6, 6.07) is 23.4. The first-order valence-electron chi connectivity index (χ1n) is 15.5. The predicted octanol–water partition coefficient (Wildman–Crippen LogP) is 6.29. The van der Waals surface area contributed by atoms with Crippen LogP contribution < -0.4 is 19.7 Å². The number of anilines is 1. The van der Waals surface area contributed by atoms with Crippen LogP contribution >= 0.6 is 11.8 Å². The summed E-state index contributed by atoms with van der Waals surface area (Å²) in [5.74, 6) is 3.24. The van der Waals surface area contributed by atoms with Gasteiger partial charge in [-0.25, -0.2) is 0 Å². The van der Waals surface area contributed by atoms with Gasteiger partial charge in [0.2, 0.25) is 0 Å². The number of benzene rings is 3. The highest BCUT2D eigenvalue weighted by Crippen LogP contribution is 2.36. The molecule has 1 N–H and O–H groups in total. The van der Waals surface area contributed by atoms with Crippen LogP contribution in [-0.2, 0) is 27.4 Å². The van der Waals surface area contributed by atoms with E-state index in [1.165, 1.54) is 21.7 Å². The Labute approximate surface area is 261 Å². The zero-order valence-corrected chi connectivity index (χ0v) is 26.4. The molecule has 0 unspecified atom stereocenters. The van der Waals surface area contributed by atoms with Crippen LogP contribution in [-0.4, -0.2) is 72.1 Å². The molecule has 43 heavy (non-hydrogen) atoms. The predicted molar refractivity (Wildman–Crippen MR) is 174 cm³/mol. The fourth-order valence-corrected chi connectivity index (χ4v) is 6.83. The Morgan fingerprint density at radius 3 is 2.67 bits per heavy atom. The van der Waals surface area contributed by atoms with Crippen molar-refractivity contribution in [2.24, 2.45) is 0 Å². The number of methoxy groups -OCH3 is 2. The van der Waals surface area contributed by atoms with Crippen LogP contribution in [0.3, 0.4) is 0 Å². The van der Waals surface area contributed by atoms with Crippen molar-refractivity contribution in [3.63, 3.8) is 0 Å². The van der Waals surface area contributed by atoms with Gasteiger partial charge in [0.05, 0.1) is 45.3 Å². The lowest BCUT2D eigenvalue weighted by atomic mass is 9.87. The highest BCUT2D eigenvalue weighted by Gasteiger charge is 2.27. The second kappa shape index (κ2) is 16.9. The third kappa shape index (κ3) is 9.13. The number of rotatable bonds is 16. The van der Waals surface area contributed by atoms with E-state index in [1.807, 2.05) is 36.0 Å². The second-order valence-corrected chi connectivity index (χ2v) is 12.2. The van der Waals surface area contributed by atoms with Gasteiger partial charge >= 0.3 is 0 Å². The minimum absolute atomic E-state index is 0.129. The molecule has 5 rings (SSSR count). The zero-order chi connectivity index (χ0) is 29.7. The van der Waals surface area contributed by atoms with Crippen molar-refractivity contribution < 1.29 is 23.7 Å². The van der Waals surface area contributed by atoms with Crippen LogP contribution in [0.2, 0.25) is 0 Å². The SMILES string of the molecule is COCCCN1CCSc2ccc(CO[C@H]3CNCC[C@@H]3c3ccc(OCCCOCc4ccccc4OC)cc3)cc21. The van der Waals surface area contributed by atoms with Gasteiger partial charge in [0, 0.05) is 61.9 Å². The van der Waals surface area contributed by atoms with E-state index in [2.05, 4.69) is 52.7 Å².